The van der Waals surface area contributed by atoms with Crippen molar-refractivity contribution in [2.75, 3.05) is 0 Å². The fourth-order valence-corrected chi connectivity index (χ4v) is 2.08. The lowest BCUT2D eigenvalue weighted by atomic mass is 9.87. The maximum absolute atomic E-state index is 4.49. The third-order valence-corrected chi connectivity index (χ3v) is 3.32. The first-order chi connectivity index (χ1) is 10.0. The van der Waals surface area contributed by atoms with Gasteiger partial charge in [0.05, 0.1) is 0 Å². The molecule has 0 unspecified atom stereocenters. The smallest absolute Gasteiger partial charge is 0.181 e. The van der Waals surface area contributed by atoms with Gasteiger partial charge in [0.1, 0.15) is 25.0 Å². The summed E-state index contributed by atoms with van der Waals surface area (Å²) in [5.41, 5.74) is 2.45. The Hall–Kier alpha value is -2.50. The molecule has 0 saturated carbocycles. The molecule has 3 aromatic rings. The monoisotopic (exact) mass is 282 g/mol. The Morgan fingerprint density at radius 3 is 2.52 bits per heavy atom. The van der Waals surface area contributed by atoms with E-state index in [0.29, 0.717) is 12.4 Å². The van der Waals surface area contributed by atoms with Crippen LogP contribution in [0.4, 0.5) is 0 Å². The number of aromatic nitrogens is 6. The second-order valence-corrected chi connectivity index (χ2v) is 6.03. The van der Waals surface area contributed by atoms with Gasteiger partial charge in [0.15, 0.2) is 5.82 Å². The summed E-state index contributed by atoms with van der Waals surface area (Å²) < 4.78 is 1.70. The average Bonchev–Trinajstić information content (AvgIpc) is 3.10. The van der Waals surface area contributed by atoms with E-state index in [-0.39, 0.29) is 5.41 Å². The molecule has 0 spiro atoms. The maximum atomic E-state index is 4.49. The number of benzene rings is 1. The molecule has 108 valence electrons. The van der Waals surface area contributed by atoms with Crippen LogP contribution < -0.4 is 0 Å². The van der Waals surface area contributed by atoms with E-state index in [0.717, 1.165) is 11.4 Å². The molecular weight excluding hydrogens is 264 g/mol. The Morgan fingerprint density at radius 1 is 1.14 bits per heavy atom. The van der Waals surface area contributed by atoms with Crippen LogP contribution in [0.1, 0.15) is 32.2 Å². The zero-order valence-electron chi connectivity index (χ0n) is 12.4. The number of rotatable bonds is 3. The van der Waals surface area contributed by atoms with Crippen molar-refractivity contribution < 1.29 is 0 Å². The molecule has 0 amide bonds. The van der Waals surface area contributed by atoms with E-state index in [2.05, 4.69) is 70.3 Å². The minimum atomic E-state index is 0.149. The van der Waals surface area contributed by atoms with Crippen molar-refractivity contribution in [2.45, 2.75) is 32.7 Å². The van der Waals surface area contributed by atoms with Crippen molar-refractivity contribution in [3.8, 4) is 11.4 Å². The summed E-state index contributed by atoms with van der Waals surface area (Å²) in [5, 5.41) is 11.2. The highest BCUT2D eigenvalue weighted by molar-refractivity contribution is 5.55. The van der Waals surface area contributed by atoms with E-state index in [1.54, 1.807) is 11.0 Å². The standard InChI is InChI=1S/C15H18N6/c1-15(2,3)12-6-4-11(5-7-12)14-18-13(19-20-14)8-21-10-16-9-17-21/h4-7,9-10H,8H2,1-3H3,(H,18,19,20). The zero-order valence-corrected chi connectivity index (χ0v) is 12.4. The number of hydrogen-bond acceptors (Lipinski definition) is 4. The number of aromatic amines is 1. The Bertz CT molecular complexity index is 703. The molecule has 0 saturated heterocycles. The van der Waals surface area contributed by atoms with Crippen LogP contribution in [-0.2, 0) is 12.0 Å². The molecule has 0 bridgehead atoms. The van der Waals surface area contributed by atoms with E-state index < -0.39 is 0 Å². The molecule has 6 heteroatoms. The summed E-state index contributed by atoms with van der Waals surface area (Å²) in [7, 11) is 0. The summed E-state index contributed by atoms with van der Waals surface area (Å²) >= 11 is 0. The molecule has 2 aromatic heterocycles. The number of H-pyrrole nitrogens is 1. The minimum absolute atomic E-state index is 0.149. The molecular formula is C15H18N6. The van der Waals surface area contributed by atoms with Gasteiger partial charge in [0.25, 0.3) is 0 Å². The van der Waals surface area contributed by atoms with Crippen LogP contribution in [0, 0.1) is 0 Å². The summed E-state index contributed by atoms with van der Waals surface area (Å²) in [4.78, 5) is 8.40. The van der Waals surface area contributed by atoms with Gasteiger partial charge in [-0.2, -0.15) is 10.2 Å². The summed E-state index contributed by atoms with van der Waals surface area (Å²) in [5.74, 6) is 1.46. The molecule has 3 rings (SSSR count). The topological polar surface area (TPSA) is 72.3 Å². The van der Waals surface area contributed by atoms with Crippen molar-refractivity contribution in [2.24, 2.45) is 0 Å². The van der Waals surface area contributed by atoms with Gasteiger partial charge in [-0.3, -0.25) is 5.10 Å². The van der Waals surface area contributed by atoms with Crippen molar-refractivity contribution in [1.82, 2.24) is 29.9 Å². The van der Waals surface area contributed by atoms with E-state index in [1.165, 1.54) is 11.9 Å². The Morgan fingerprint density at radius 2 is 1.90 bits per heavy atom. The predicted octanol–water partition coefficient (Wildman–Crippen LogP) is 2.41. The minimum Gasteiger partial charge on any atom is -0.261 e. The van der Waals surface area contributed by atoms with Crippen molar-refractivity contribution in [3.63, 3.8) is 0 Å². The van der Waals surface area contributed by atoms with Crippen LogP contribution >= 0.6 is 0 Å². The van der Waals surface area contributed by atoms with Gasteiger partial charge in [-0.1, -0.05) is 45.0 Å². The van der Waals surface area contributed by atoms with Gasteiger partial charge in [-0.05, 0) is 11.0 Å². The molecule has 1 N–H and O–H groups in total. The Balaban J connectivity index is 1.80. The Kier molecular flexibility index (Phi) is 3.29. The normalized spacial score (nSPS) is 11.8. The first-order valence-corrected chi connectivity index (χ1v) is 6.87. The van der Waals surface area contributed by atoms with Gasteiger partial charge in [-0.25, -0.2) is 14.6 Å². The van der Waals surface area contributed by atoms with E-state index in [4.69, 9.17) is 0 Å². The van der Waals surface area contributed by atoms with Gasteiger partial charge in [0.2, 0.25) is 0 Å². The van der Waals surface area contributed by atoms with Crippen molar-refractivity contribution in [1.29, 1.82) is 0 Å². The van der Waals surface area contributed by atoms with E-state index in [9.17, 15) is 0 Å². The molecule has 21 heavy (non-hydrogen) atoms. The fraction of sp³-hybridized carbons (Fsp3) is 0.333. The third kappa shape index (κ3) is 2.99. The fourth-order valence-electron chi connectivity index (χ4n) is 2.08. The molecule has 0 aliphatic carbocycles. The zero-order chi connectivity index (χ0) is 14.9. The summed E-state index contributed by atoms with van der Waals surface area (Å²) in [6.45, 7) is 7.13. The van der Waals surface area contributed by atoms with Crippen molar-refractivity contribution in [3.05, 3.63) is 48.3 Å². The second kappa shape index (κ2) is 5.12. The maximum Gasteiger partial charge on any atom is 0.181 e. The largest absolute Gasteiger partial charge is 0.261 e. The highest BCUT2D eigenvalue weighted by Gasteiger charge is 2.14. The molecule has 0 aliphatic heterocycles. The third-order valence-electron chi connectivity index (χ3n) is 3.32. The highest BCUT2D eigenvalue weighted by atomic mass is 15.3. The number of hydrogen-bond donors (Lipinski definition) is 1. The van der Waals surface area contributed by atoms with Gasteiger partial charge in [-0.15, -0.1) is 0 Å². The van der Waals surface area contributed by atoms with Crippen LogP contribution in [0.25, 0.3) is 11.4 Å². The van der Waals surface area contributed by atoms with Crippen LogP contribution in [0.2, 0.25) is 0 Å². The molecule has 0 atom stereocenters. The van der Waals surface area contributed by atoms with E-state index >= 15 is 0 Å². The van der Waals surface area contributed by atoms with Crippen LogP contribution in [-0.4, -0.2) is 29.9 Å². The lowest BCUT2D eigenvalue weighted by Crippen LogP contribution is -2.10. The molecule has 0 fully saturated rings. The SMILES string of the molecule is CC(C)(C)c1ccc(-c2n[nH]c(Cn3cncn3)n2)cc1. The lowest BCUT2D eigenvalue weighted by molar-refractivity contribution is 0.590. The number of nitrogens with one attached hydrogen (secondary N) is 1. The molecule has 2 heterocycles. The average molecular weight is 282 g/mol. The van der Waals surface area contributed by atoms with Crippen LogP contribution in [0.15, 0.2) is 36.9 Å². The van der Waals surface area contributed by atoms with Crippen LogP contribution in [0.3, 0.4) is 0 Å². The van der Waals surface area contributed by atoms with Gasteiger partial charge >= 0.3 is 0 Å². The molecule has 1 aromatic carbocycles. The second-order valence-electron chi connectivity index (χ2n) is 6.03. The van der Waals surface area contributed by atoms with Gasteiger partial charge < -0.3 is 0 Å². The number of nitrogens with zero attached hydrogens (tertiary/aromatic N) is 5. The first kappa shape index (κ1) is 13.5. The quantitative estimate of drug-likeness (QED) is 0.800. The lowest BCUT2D eigenvalue weighted by Gasteiger charge is -2.18. The Labute approximate surface area is 123 Å². The molecule has 6 nitrogen and oxygen atoms in total. The van der Waals surface area contributed by atoms with E-state index in [1.807, 2.05) is 0 Å². The summed E-state index contributed by atoms with van der Waals surface area (Å²) in [6, 6.07) is 8.37. The highest BCUT2D eigenvalue weighted by Crippen LogP contribution is 2.24. The molecule has 0 aliphatic rings. The summed E-state index contributed by atoms with van der Waals surface area (Å²) in [6.07, 6.45) is 3.16. The predicted molar refractivity (Wildman–Crippen MR) is 79.6 cm³/mol. The van der Waals surface area contributed by atoms with Gasteiger partial charge in [0, 0.05) is 5.56 Å². The first-order valence-electron chi connectivity index (χ1n) is 6.87. The van der Waals surface area contributed by atoms with Crippen LogP contribution in [0.5, 0.6) is 0 Å². The van der Waals surface area contributed by atoms with Crippen molar-refractivity contribution >= 4 is 0 Å². The molecule has 0 radical (unpaired) electrons.